The molecule has 3 rings (SSSR count). The molecule has 1 aromatic carbocycles. The quantitative estimate of drug-likeness (QED) is 0.901. The second-order valence-corrected chi connectivity index (χ2v) is 6.83. The minimum atomic E-state index is -0.375. The van der Waals surface area contributed by atoms with Crippen LogP contribution in [0.4, 0.5) is 0 Å². The molecule has 0 saturated heterocycles. The summed E-state index contributed by atoms with van der Waals surface area (Å²) >= 11 is 3.56. The largest absolute Gasteiger partial charge is 0.496 e. The third-order valence-electron chi connectivity index (χ3n) is 4.92. The normalized spacial score (nSPS) is 30.6. The summed E-state index contributed by atoms with van der Waals surface area (Å²) in [6.07, 6.45) is 4.88. The monoisotopic (exact) mass is 324 g/mol. The molecule has 0 aliphatic heterocycles. The molecule has 3 heteroatoms. The van der Waals surface area contributed by atoms with Crippen molar-refractivity contribution in [2.45, 2.75) is 38.7 Å². The molecule has 0 amide bonds. The maximum Gasteiger partial charge on any atom is 0.125 e. The number of aryl methyl sites for hydroxylation is 1. The maximum atomic E-state index is 10.7. The molecule has 0 heterocycles. The Bertz CT molecular complexity index is 474. The summed E-state index contributed by atoms with van der Waals surface area (Å²) < 4.78 is 6.50. The summed E-state index contributed by atoms with van der Waals surface area (Å²) in [5.74, 6) is 2.75. The van der Waals surface area contributed by atoms with Crippen LogP contribution in [-0.2, 0) is 0 Å². The van der Waals surface area contributed by atoms with E-state index in [9.17, 15) is 5.11 Å². The molecule has 1 N–H and O–H groups in total. The number of halogens is 1. The van der Waals surface area contributed by atoms with Gasteiger partial charge in [-0.2, -0.15) is 0 Å². The van der Waals surface area contributed by atoms with E-state index in [1.54, 1.807) is 7.11 Å². The lowest BCUT2D eigenvalue weighted by Crippen LogP contribution is -2.05. The van der Waals surface area contributed by atoms with Crippen LogP contribution >= 0.6 is 15.9 Å². The Labute approximate surface area is 123 Å². The molecule has 2 aliphatic carbocycles. The van der Waals surface area contributed by atoms with Gasteiger partial charge in [-0.15, -0.1) is 0 Å². The van der Waals surface area contributed by atoms with Crippen molar-refractivity contribution in [3.05, 3.63) is 27.7 Å². The number of fused-ring (bicyclic) bond motifs is 1. The van der Waals surface area contributed by atoms with Gasteiger partial charge in [0.05, 0.1) is 13.2 Å². The van der Waals surface area contributed by atoms with E-state index in [0.717, 1.165) is 33.2 Å². The first-order valence-electron chi connectivity index (χ1n) is 7.15. The van der Waals surface area contributed by atoms with Crippen molar-refractivity contribution in [1.82, 2.24) is 0 Å². The highest BCUT2D eigenvalue weighted by Gasteiger charge is 2.54. The highest BCUT2D eigenvalue weighted by atomic mass is 79.9. The number of hydrogen-bond acceptors (Lipinski definition) is 2. The molecule has 19 heavy (non-hydrogen) atoms. The first-order valence-corrected chi connectivity index (χ1v) is 7.95. The van der Waals surface area contributed by atoms with Crippen molar-refractivity contribution in [2.75, 3.05) is 7.11 Å². The zero-order chi connectivity index (χ0) is 13.6. The summed E-state index contributed by atoms with van der Waals surface area (Å²) in [5.41, 5.74) is 2.08. The molecule has 3 atom stereocenters. The minimum Gasteiger partial charge on any atom is -0.496 e. The SMILES string of the molecule is COc1cc(C)c(Br)cc1C(O)C1C2CCCCC21. The zero-order valence-corrected chi connectivity index (χ0v) is 13.1. The Hall–Kier alpha value is -0.540. The molecular weight excluding hydrogens is 304 g/mol. The number of rotatable bonds is 3. The Morgan fingerprint density at radius 1 is 1.26 bits per heavy atom. The maximum absolute atomic E-state index is 10.7. The first kappa shape index (κ1) is 13.4. The van der Waals surface area contributed by atoms with Crippen LogP contribution in [-0.4, -0.2) is 12.2 Å². The molecule has 0 spiro atoms. The van der Waals surface area contributed by atoms with E-state index in [-0.39, 0.29) is 6.10 Å². The number of methoxy groups -OCH3 is 1. The number of aliphatic hydroxyl groups is 1. The molecule has 0 bridgehead atoms. The molecule has 3 unspecified atom stereocenters. The third-order valence-corrected chi connectivity index (χ3v) is 5.77. The fourth-order valence-electron chi connectivity index (χ4n) is 3.80. The average Bonchev–Trinajstić information content (AvgIpc) is 3.14. The Balaban J connectivity index is 1.87. The highest BCUT2D eigenvalue weighted by Crippen LogP contribution is 2.61. The van der Waals surface area contributed by atoms with Crippen molar-refractivity contribution >= 4 is 15.9 Å². The number of hydrogen-bond donors (Lipinski definition) is 1. The second-order valence-electron chi connectivity index (χ2n) is 5.98. The van der Waals surface area contributed by atoms with E-state index >= 15 is 0 Å². The van der Waals surface area contributed by atoms with E-state index in [0.29, 0.717) is 5.92 Å². The Morgan fingerprint density at radius 2 is 1.89 bits per heavy atom. The van der Waals surface area contributed by atoms with Gasteiger partial charge in [-0.1, -0.05) is 28.8 Å². The van der Waals surface area contributed by atoms with Crippen LogP contribution in [0.5, 0.6) is 5.75 Å². The molecular formula is C16H21BrO2. The molecule has 1 aromatic rings. The van der Waals surface area contributed by atoms with E-state index in [2.05, 4.69) is 15.9 Å². The van der Waals surface area contributed by atoms with E-state index in [4.69, 9.17) is 4.74 Å². The molecule has 2 fully saturated rings. The minimum absolute atomic E-state index is 0.375. The van der Waals surface area contributed by atoms with Gasteiger partial charge in [0.25, 0.3) is 0 Å². The topological polar surface area (TPSA) is 29.5 Å². The summed E-state index contributed by atoms with van der Waals surface area (Å²) in [4.78, 5) is 0. The zero-order valence-electron chi connectivity index (χ0n) is 11.5. The predicted octanol–water partition coefficient (Wildman–Crippen LogP) is 4.24. The molecule has 2 nitrogen and oxygen atoms in total. The van der Waals surface area contributed by atoms with Gasteiger partial charge in [0.1, 0.15) is 5.75 Å². The van der Waals surface area contributed by atoms with Gasteiger partial charge < -0.3 is 9.84 Å². The molecule has 2 aliphatic rings. The lowest BCUT2D eigenvalue weighted by molar-refractivity contribution is 0.138. The van der Waals surface area contributed by atoms with Gasteiger partial charge in [0, 0.05) is 10.0 Å². The Morgan fingerprint density at radius 3 is 2.47 bits per heavy atom. The van der Waals surface area contributed by atoms with Crippen molar-refractivity contribution in [1.29, 1.82) is 0 Å². The van der Waals surface area contributed by atoms with Crippen LogP contribution in [0.15, 0.2) is 16.6 Å². The van der Waals surface area contributed by atoms with Gasteiger partial charge in [-0.25, -0.2) is 0 Å². The van der Waals surface area contributed by atoms with Gasteiger partial charge in [-0.3, -0.25) is 0 Å². The van der Waals surface area contributed by atoms with Gasteiger partial charge in [0.15, 0.2) is 0 Å². The van der Waals surface area contributed by atoms with Crippen molar-refractivity contribution in [2.24, 2.45) is 17.8 Å². The van der Waals surface area contributed by atoms with Crippen molar-refractivity contribution < 1.29 is 9.84 Å². The predicted molar refractivity (Wildman–Crippen MR) is 79.3 cm³/mol. The fourth-order valence-corrected chi connectivity index (χ4v) is 4.16. The second kappa shape index (κ2) is 5.10. The van der Waals surface area contributed by atoms with E-state index in [1.165, 1.54) is 25.7 Å². The lowest BCUT2D eigenvalue weighted by atomic mass is 10.0. The number of benzene rings is 1. The molecule has 2 saturated carbocycles. The average molecular weight is 325 g/mol. The van der Waals surface area contributed by atoms with Gasteiger partial charge >= 0.3 is 0 Å². The number of ether oxygens (including phenoxy) is 1. The summed E-state index contributed by atoms with van der Waals surface area (Å²) in [7, 11) is 1.68. The van der Waals surface area contributed by atoms with Crippen LogP contribution < -0.4 is 4.74 Å². The highest BCUT2D eigenvalue weighted by molar-refractivity contribution is 9.10. The molecule has 0 radical (unpaired) electrons. The summed E-state index contributed by atoms with van der Waals surface area (Å²) in [6, 6.07) is 4.04. The summed E-state index contributed by atoms with van der Waals surface area (Å²) in [5, 5.41) is 10.7. The van der Waals surface area contributed by atoms with Gasteiger partial charge in [0.2, 0.25) is 0 Å². The standard InChI is InChI=1S/C16H21BrO2/c1-9-7-14(19-2)12(8-13(9)17)16(18)15-10-5-3-4-6-11(10)15/h7-8,10-11,15-16,18H,3-6H2,1-2H3. The number of aliphatic hydroxyl groups excluding tert-OH is 1. The Kier molecular flexibility index (Phi) is 3.61. The fraction of sp³-hybridized carbons (Fsp3) is 0.625. The van der Waals surface area contributed by atoms with Gasteiger partial charge in [-0.05, 0) is 55.2 Å². The molecule has 0 aromatic heterocycles. The third kappa shape index (κ3) is 2.31. The van der Waals surface area contributed by atoms with Crippen molar-refractivity contribution in [3.63, 3.8) is 0 Å². The van der Waals surface area contributed by atoms with Crippen molar-refractivity contribution in [3.8, 4) is 5.75 Å². The van der Waals surface area contributed by atoms with E-state index < -0.39 is 0 Å². The lowest BCUT2D eigenvalue weighted by Gasteiger charge is -2.16. The summed E-state index contributed by atoms with van der Waals surface area (Å²) in [6.45, 7) is 2.04. The van der Waals surface area contributed by atoms with Crippen LogP contribution in [0, 0.1) is 24.7 Å². The van der Waals surface area contributed by atoms with Crippen LogP contribution in [0.3, 0.4) is 0 Å². The molecule has 104 valence electrons. The van der Waals surface area contributed by atoms with Crippen LogP contribution in [0.1, 0.15) is 42.9 Å². The van der Waals surface area contributed by atoms with Crippen LogP contribution in [0.2, 0.25) is 0 Å². The smallest absolute Gasteiger partial charge is 0.125 e. The van der Waals surface area contributed by atoms with Crippen LogP contribution in [0.25, 0.3) is 0 Å². The first-order chi connectivity index (χ1) is 9.13. The van der Waals surface area contributed by atoms with E-state index in [1.807, 2.05) is 19.1 Å².